The number of nitrogens with zero attached hydrogens (tertiary/aromatic N) is 3. The number of allylic oxidation sites excluding steroid dienone is 1. The molecule has 2 aliphatic rings. The van der Waals surface area contributed by atoms with Crippen molar-refractivity contribution in [1.82, 2.24) is 15.3 Å². The largest absolute Gasteiger partial charge is 0.453 e. The molecule has 1 saturated heterocycles. The summed E-state index contributed by atoms with van der Waals surface area (Å²) in [7, 11) is 0. The molecule has 5 heterocycles. The molecular formula is C26H24IN5OS3. The highest BCUT2D eigenvalue weighted by molar-refractivity contribution is 14.1. The highest BCUT2D eigenvalue weighted by Crippen LogP contribution is 2.45. The molecule has 6 nitrogen and oxygen atoms in total. The Labute approximate surface area is 236 Å². The third kappa shape index (κ3) is 5.11. The molecule has 0 amide bonds. The van der Waals surface area contributed by atoms with Crippen LogP contribution < -0.4 is 20.7 Å². The van der Waals surface area contributed by atoms with Crippen LogP contribution in [0.25, 0.3) is 10.2 Å². The van der Waals surface area contributed by atoms with Gasteiger partial charge in [-0.25, -0.2) is 4.98 Å². The smallest absolute Gasteiger partial charge is 0.178 e. The predicted octanol–water partition coefficient (Wildman–Crippen LogP) is 6.88. The zero-order valence-electron chi connectivity index (χ0n) is 19.3. The van der Waals surface area contributed by atoms with Crippen LogP contribution in [0.2, 0.25) is 0 Å². The lowest BCUT2D eigenvalue weighted by molar-refractivity contribution is 0.410. The van der Waals surface area contributed by atoms with Gasteiger partial charge in [-0.05, 0) is 78.2 Å². The van der Waals surface area contributed by atoms with Crippen molar-refractivity contribution in [3.05, 3.63) is 74.9 Å². The number of piperidine rings is 1. The lowest BCUT2D eigenvalue weighted by Gasteiger charge is -2.33. The number of fused-ring (bicyclic) bond motifs is 1. The van der Waals surface area contributed by atoms with Gasteiger partial charge in [0.25, 0.3) is 0 Å². The number of thiophene rings is 1. The number of aromatic nitrogens is 2. The number of hydrogen-bond donors (Lipinski definition) is 2. The number of hydrogen-bond acceptors (Lipinski definition) is 9. The van der Waals surface area contributed by atoms with Crippen molar-refractivity contribution >= 4 is 73.5 Å². The maximum atomic E-state index is 6.61. The summed E-state index contributed by atoms with van der Waals surface area (Å²) in [6.45, 7) is 2.04. The second kappa shape index (κ2) is 10.9. The van der Waals surface area contributed by atoms with E-state index in [2.05, 4.69) is 61.4 Å². The number of benzene rings is 1. The SMILES string of the molecule is NC1SC=C(C2CCNCC2)N1c1ncc(Sc2ccnc3cc(I)sc23)cc1Oc1ccccc1. The van der Waals surface area contributed by atoms with Gasteiger partial charge in [-0.1, -0.05) is 41.7 Å². The standard InChI is InChI=1S/C26H24IN5OS3/c27-23-13-19-24(36-23)22(8-11-30-19)35-18-12-21(33-17-4-2-1-3-5-17)25(31-14-18)32-20(15-34-26(32)28)16-6-9-29-10-7-16/h1-5,8,11-16,26,29H,6-7,9-10,28H2. The zero-order valence-corrected chi connectivity index (χ0v) is 23.9. The van der Waals surface area contributed by atoms with E-state index in [0.717, 1.165) is 52.8 Å². The quantitative estimate of drug-likeness (QED) is 0.220. The molecule has 0 saturated carbocycles. The maximum Gasteiger partial charge on any atom is 0.178 e. The Morgan fingerprint density at radius 2 is 1.94 bits per heavy atom. The summed E-state index contributed by atoms with van der Waals surface area (Å²) in [6, 6.07) is 16.1. The summed E-state index contributed by atoms with van der Waals surface area (Å²) in [5.41, 5.74) is 8.65. The Hall–Kier alpha value is -1.83. The van der Waals surface area contributed by atoms with Crippen LogP contribution in [0.4, 0.5) is 5.82 Å². The van der Waals surface area contributed by atoms with E-state index in [4.69, 9.17) is 15.5 Å². The van der Waals surface area contributed by atoms with Crippen molar-refractivity contribution in [2.75, 3.05) is 18.0 Å². The van der Waals surface area contributed by atoms with E-state index in [-0.39, 0.29) is 5.50 Å². The van der Waals surface area contributed by atoms with Gasteiger partial charge in [-0.15, -0.1) is 11.3 Å². The van der Waals surface area contributed by atoms with Gasteiger partial charge in [0.15, 0.2) is 11.6 Å². The second-order valence-corrected chi connectivity index (χ2v) is 13.6. The van der Waals surface area contributed by atoms with Crippen molar-refractivity contribution < 1.29 is 4.74 Å². The van der Waals surface area contributed by atoms with Crippen LogP contribution in [0.15, 0.2) is 81.8 Å². The Morgan fingerprint density at radius 3 is 2.78 bits per heavy atom. The van der Waals surface area contributed by atoms with E-state index >= 15 is 0 Å². The summed E-state index contributed by atoms with van der Waals surface area (Å²) in [5, 5.41) is 5.67. The highest BCUT2D eigenvalue weighted by atomic mass is 127. The lowest BCUT2D eigenvalue weighted by atomic mass is 9.94. The fourth-order valence-corrected chi connectivity index (χ4v) is 8.23. The normalized spacial score (nSPS) is 18.6. The monoisotopic (exact) mass is 645 g/mol. The number of nitrogens with two attached hydrogens (primary N) is 1. The fraction of sp³-hybridized carbons (Fsp3) is 0.231. The first kappa shape index (κ1) is 24.5. The Bertz CT molecular complexity index is 1410. The van der Waals surface area contributed by atoms with Gasteiger partial charge in [-0.2, -0.15) is 0 Å². The molecule has 1 fully saturated rings. The summed E-state index contributed by atoms with van der Waals surface area (Å²) in [4.78, 5) is 13.8. The molecule has 1 atom stereocenters. The molecule has 0 spiro atoms. The van der Waals surface area contributed by atoms with Crippen molar-refractivity contribution in [1.29, 1.82) is 0 Å². The molecule has 0 aliphatic carbocycles. The molecule has 0 bridgehead atoms. The molecule has 3 N–H and O–H groups in total. The maximum absolute atomic E-state index is 6.61. The number of pyridine rings is 2. The predicted molar refractivity (Wildman–Crippen MR) is 159 cm³/mol. The first-order valence-electron chi connectivity index (χ1n) is 11.7. The summed E-state index contributed by atoms with van der Waals surface area (Å²) < 4.78 is 8.86. The van der Waals surface area contributed by atoms with Crippen LogP contribution in [-0.2, 0) is 0 Å². The Morgan fingerprint density at radius 1 is 1.11 bits per heavy atom. The molecule has 10 heteroatoms. The van der Waals surface area contributed by atoms with Gasteiger partial charge in [0.2, 0.25) is 0 Å². The molecule has 2 aliphatic heterocycles. The Balaban J connectivity index is 1.38. The van der Waals surface area contributed by atoms with Gasteiger partial charge in [0, 0.05) is 39.9 Å². The van der Waals surface area contributed by atoms with E-state index < -0.39 is 0 Å². The summed E-state index contributed by atoms with van der Waals surface area (Å²) in [6.07, 6.45) is 5.98. The molecule has 4 aromatic rings. The van der Waals surface area contributed by atoms with Crippen molar-refractivity contribution in [2.24, 2.45) is 11.7 Å². The number of ether oxygens (including phenoxy) is 1. The van der Waals surface area contributed by atoms with Crippen molar-refractivity contribution in [3.8, 4) is 11.5 Å². The fourth-order valence-electron chi connectivity index (χ4n) is 4.50. The summed E-state index contributed by atoms with van der Waals surface area (Å²) >= 11 is 7.44. The van der Waals surface area contributed by atoms with Crippen LogP contribution in [0.1, 0.15) is 12.8 Å². The van der Waals surface area contributed by atoms with Gasteiger partial charge in [-0.3, -0.25) is 4.98 Å². The number of thioether (sulfide) groups is 1. The van der Waals surface area contributed by atoms with Crippen molar-refractivity contribution in [2.45, 2.75) is 28.1 Å². The minimum atomic E-state index is -0.230. The molecule has 0 radical (unpaired) electrons. The third-order valence-electron chi connectivity index (χ3n) is 6.20. The number of para-hydroxylation sites is 1. The number of halogens is 1. The zero-order chi connectivity index (χ0) is 24.5. The van der Waals surface area contributed by atoms with E-state index in [0.29, 0.717) is 11.7 Å². The minimum absolute atomic E-state index is 0.230. The third-order valence-corrected chi connectivity index (χ3v) is 10.1. The highest BCUT2D eigenvalue weighted by Gasteiger charge is 2.34. The molecular weight excluding hydrogens is 621 g/mol. The van der Waals surface area contributed by atoms with Crippen molar-refractivity contribution in [3.63, 3.8) is 0 Å². The van der Waals surface area contributed by atoms with Gasteiger partial charge in [0.1, 0.15) is 11.2 Å². The number of anilines is 1. The lowest BCUT2D eigenvalue weighted by Crippen LogP contribution is -2.40. The van der Waals surface area contributed by atoms with Crippen LogP contribution in [0, 0.1) is 8.80 Å². The topological polar surface area (TPSA) is 76.3 Å². The second-order valence-electron chi connectivity index (χ2n) is 8.55. The van der Waals surface area contributed by atoms with E-state index in [1.807, 2.05) is 42.7 Å². The first-order valence-corrected chi connectivity index (χ1v) is 15.4. The molecule has 3 aromatic heterocycles. The molecule has 184 valence electrons. The average molecular weight is 646 g/mol. The van der Waals surface area contributed by atoms with Gasteiger partial charge >= 0.3 is 0 Å². The van der Waals surface area contributed by atoms with Crippen LogP contribution in [0.5, 0.6) is 11.5 Å². The Kier molecular flexibility index (Phi) is 7.41. The van der Waals surface area contributed by atoms with E-state index in [1.165, 1.54) is 13.3 Å². The molecule has 36 heavy (non-hydrogen) atoms. The molecule has 6 rings (SSSR count). The van der Waals surface area contributed by atoms with Crippen LogP contribution >= 0.6 is 57.5 Å². The van der Waals surface area contributed by atoms with Crippen LogP contribution in [0.3, 0.4) is 0 Å². The number of nitrogens with one attached hydrogen (secondary N) is 1. The van der Waals surface area contributed by atoms with Crippen LogP contribution in [-0.4, -0.2) is 28.6 Å². The summed E-state index contributed by atoms with van der Waals surface area (Å²) in [5.74, 6) is 2.69. The molecule has 1 aromatic carbocycles. The average Bonchev–Trinajstić information content (AvgIpc) is 3.48. The van der Waals surface area contributed by atoms with Gasteiger partial charge < -0.3 is 20.7 Å². The van der Waals surface area contributed by atoms with E-state index in [1.54, 1.807) is 34.9 Å². The minimum Gasteiger partial charge on any atom is -0.453 e. The first-order chi connectivity index (χ1) is 17.7. The molecule has 1 unspecified atom stereocenters. The van der Waals surface area contributed by atoms with E-state index in [9.17, 15) is 0 Å². The van der Waals surface area contributed by atoms with Gasteiger partial charge in [0.05, 0.1) is 13.1 Å². The number of rotatable bonds is 6.